The van der Waals surface area contributed by atoms with Crippen molar-refractivity contribution in [1.29, 1.82) is 0 Å². The van der Waals surface area contributed by atoms with Gasteiger partial charge in [0.1, 0.15) is 21.9 Å². The first-order valence-electron chi connectivity index (χ1n) is 8.57. The summed E-state index contributed by atoms with van der Waals surface area (Å²) >= 11 is 0. The summed E-state index contributed by atoms with van der Waals surface area (Å²) in [6.45, 7) is -0.861. The average molecular weight is 418 g/mol. The van der Waals surface area contributed by atoms with Gasteiger partial charge in [-0.3, -0.25) is 18.5 Å². The highest BCUT2D eigenvalue weighted by atomic mass is 32.3. The number of benzene rings is 1. The van der Waals surface area contributed by atoms with Gasteiger partial charge in [-0.2, -0.15) is 0 Å². The van der Waals surface area contributed by atoms with Gasteiger partial charge in [0.25, 0.3) is 5.56 Å². The van der Waals surface area contributed by atoms with E-state index in [9.17, 15) is 29.2 Å². The molecule has 0 radical (unpaired) electrons. The highest BCUT2D eigenvalue weighted by Crippen LogP contribution is 2.55. The monoisotopic (exact) mass is 418 g/mol. The van der Waals surface area contributed by atoms with Crippen molar-refractivity contribution >= 4 is 33.3 Å². The fraction of sp³-hybridized carbons (Fsp3) is 0.167. The summed E-state index contributed by atoms with van der Waals surface area (Å²) in [5, 5.41) is 32.9. The Morgan fingerprint density at radius 1 is 1.17 bits per heavy atom. The minimum Gasteiger partial charge on any atom is -0.506 e. The highest BCUT2D eigenvalue weighted by molar-refractivity contribution is 8.23. The summed E-state index contributed by atoms with van der Waals surface area (Å²) in [7, 11) is -3.61. The summed E-state index contributed by atoms with van der Waals surface area (Å²) in [5.41, 5.74) is -0.619. The van der Waals surface area contributed by atoms with Gasteiger partial charge in [0.05, 0.1) is 30.3 Å². The van der Waals surface area contributed by atoms with Crippen molar-refractivity contribution in [2.24, 2.45) is 4.40 Å². The molecule has 1 aromatic carbocycles. The SMILES string of the molecule is O=c1c(C2=NS(O)(O)c3ccccc3N2)c(O)c2cccnc2n1CC(O)CO. The van der Waals surface area contributed by atoms with Gasteiger partial charge in [0, 0.05) is 6.20 Å². The summed E-state index contributed by atoms with van der Waals surface area (Å²) < 4.78 is 25.9. The molecule has 3 aromatic rings. The zero-order chi connectivity index (χ0) is 20.8. The molecule has 0 saturated heterocycles. The van der Waals surface area contributed by atoms with Gasteiger partial charge in [-0.25, -0.2) is 4.98 Å². The van der Waals surface area contributed by atoms with Crippen LogP contribution >= 0.6 is 10.8 Å². The molecule has 1 unspecified atom stereocenters. The lowest BCUT2D eigenvalue weighted by atomic mass is 10.1. The first kappa shape index (κ1) is 19.4. The molecule has 3 heterocycles. The van der Waals surface area contributed by atoms with E-state index in [0.717, 1.165) is 4.57 Å². The lowest BCUT2D eigenvalue weighted by molar-refractivity contribution is 0.0812. The minimum atomic E-state index is -3.61. The van der Waals surface area contributed by atoms with E-state index in [-0.39, 0.29) is 33.9 Å². The number of para-hydroxylation sites is 1. The molecule has 0 spiro atoms. The Morgan fingerprint density at radius 2 is 1.93 bits per heavy atom. The van der Waals surface area contributed by atoms with Crippen molar-refractivity contribution in [2.75, 3.05) is 11.9 Å². The van der Waals surface area contributed by atoms with Crippen molar-refractivity contribution in [3.8, 4) is 5.75 Å². The standard InChI is InChI=1S/C18H18N4O6S/c23-9-10(24)8-22-17-11(4-3-7-19-17)15(25)14(18(22)26)16-20-12-5-1-2-6-13(12)29(27,28)21-16/h1-7,10,23-25,27-28H,8-9H2,(H,20,21). The fourth-order valence-corrected chi connectivity index (χ4v) is 4.32. The maximum atomic E-state index is 13.2. The number of nitrogens with zero attached hydrogens (tertiary/aromatic N) is 3. The van der Waals surface area contributed by atoms with Crippen LogP contribution in [0.5, 0.6) is 5.75 Å². The zero-order valence-electron chi connectivity index (χ0n) is 14.9. The molecule has 1 aliphatic rings. The van der Waals surface area contributed by atoms with Crippen LogP contribution in [0, 0.1) is 0 Å². The molecule has 2 aromatic heterocycles. The Labute approximate surface area is 165 Å². The van der Waals surface area contributed by atoms with E-state index in [1.807, 2.05) is 0 Å². The molecule has 4 rings (SSSR count). The Morgan fingerprint density at radius 3 is 2.69 bits per heavy atom. The van der Waals surface area contributed by atoms with Crippen LogP contribution in [-0.2, 0) is 6.54 Å². The van der Waals surface area contributed by atoms with E-state index in [1.54, 1.807) is 24.3 Å². The van der Waals surface area contributed by atoms with Gasteiger partial charge >= 0.3 is 0 Å². The molecular formula is C18H18N4O6S. The van der Waals surface area contributed by atoms with Crippen molar-refractivity contribution < 1.29 is 24.4 Å². The van der Waals surface area contributed by atoms with Gasteiger partial charge in [0.15, 0.2) is 5.84 Å². The maximum absolute atomic E-state index is 13.2. The Kier molecular flexibility index (Phi) is 4.76. The number of anilines is 1. The van der Waals surface area contributed by atoms with Gasteiger partial charge in [-0.05, 0) is 24.3 Å². The minimum absolute atomic E-state index is 0.106. The summed E-state index contributed by atoms with van der Waals surface area (Å²) in [4.78, 5) is 17.4. The van der Waals surface area contributed by atoms with Crippen LogP contribution in [0.1, 0.15) is 5.56 Å². The van der Waals surface area contributed by atoms with Crippen LogP contribution in [0.3, 0.4) is 0 Å². The van der Waals surface area contributed by atoms with Crippen LogP contribution in [0.25, 0.3) is 11.0 Å². The lowest BCUT2D eigenvalue weighted by Gasteiger charge is -2.34. The molecule has 0 bridgehead atoms. The fourth-order valence-electron chi connectivity index (χ4n) is 3.16. The van der Waals surface area contributed by atoms with Crippen molar-refractivity contribution in [3.05, 3.63) is 58.5 Å². The topological polar surface area (TPSA) is 160 Å². The molecule has 10 nitrogen and oxygen atoms in total. The molecule has 0 saturated carbocycles. The number of hydrogen-bond donors (Lipinski definition) is 6. The van der Waals surface area contributed by atoms with Crippen LogP contribution in [0.15, 0.2) is 56.7 Å². The molecular weight excluding hydrogens is 400 g/mol. The number of nitrogens with one attached hydrogen (secondary N) is 1. The molecule has 1 atom stereocenters. The number of aliphatic hydroxyl groups is 2. The summed E-state index contributed by atoms with van der Waals surface area (Å²) in [5.74, 6) is -0.655. The van der Waals surface area contributed by atoms with Crippen molar-refractivity contribution in [2.45, 2.75) is 17.5 Å². The van der Waals surface area contributed by atoms with Crippen LogP contribution in [-0.4, -0.2) is 52.5 Å². The third-order valence-electron chi connectivity index (χ3n) is 4.49. The highest BCUT2D eigenvalue weighted by Gasteiger charge is 2.30. The molecule has 0 aliphatic carbocycles. The van der Waals surface area contributed by atoms with E-state index in [2.05, 4.69) is 14.7 Å². The molecule has 11 heteroatoms. The Balaban J connectivity index is 1.98. The van der Waals surface area contributed by atoms with Gasteiger partial charge in [0.2, 0.25) is 0 Å². The third kappa shape index (κ3) is 3.24. The van der Waals surface area contributed by atoms with E-state index in [0.29, 0.717) is 5.69 Å². The van der Waals surface area contributed by atoms with Crippen LogP contribution in [0.2, 0.25) is 0 Å². The normalized spacial score (nSPS) is 17.2. The van der Waals surface area contributed by atoms with Gasteiger partial charge in [-0.15, -0.1) is 4.40 Å². The second-order valence-corrected chi connectivity index (χ2v) is 8.09. The van der Waals surface area contributed by atoms with Crippen molar-refractivity contribution in [3.63, 3.8) is 0 Å². The van der Waals surface area contributed by atoms with E-state index < -0.39 is 34.8 Å². The predicted octanol–water partition coefficient (Wildman–Crippen LogP) is 1.35. The first-order chi connectivity index (χ1) is 13.8. The molecule has 0 fully saturated rings. The van der Waals surface area contributed by atoms with Gasteiger partial charge < -0.3 is 20.6 Å². The lowest BCUT2D eigenvalue weighted by Crippen LogP contribution is -2.35. The summed E-state index contributed by atoms with van der Waals surface area (Å²) in [6.07, 6.45) is 0.184. The molecule has 1 aliphatic heterocycles. The Bertz CT molecular complexity index is 1190. The average Bonchev–Trinajstić information content (AvgIpc) is 2.70. The van der Waals surface area contributed by atoms with E-state index in [1.165, 1.54) is 18.3 Å². The van der Waals surface area contributed by atoms with Crippen LogP contribution in [0.4, 0.5) is 5.69 Å². The quantitative estimate of drug-likeness (QED) is 0.370. The molecule has 29 heavy (non-hydrogen) atoms. The number of amidine groups is 1. The number of hydrogen-bond acceptors (Lipinski definition) is 9. The molecule has 6 N–H and O–H groups in total. The largest absolute Gasteiger partial charge is 0.506 e. The third-order valence-corrected chi connectivity index (χ3v) is 5.87. The number of rotatable bonds is 4. The number of pyridine rings is 2. The van der Waals surface area contributed by atoms with Crippen molar-refractivity contribution in [1.82, 2.24) is 9.55 Å². The zero-order valence-corrected chi connectivity index (χ0v) is 15.7. The molecule has 0 amide bonds. The van der Waals surface area contributed by atoms with Gasteiger partial charge in [-0.1, -0.05) is 22.9 Å². The van der Waals surface area contributed by atoms with E-state index in [4.69, 9.17) is 0 Å². The number of aliphatic hydroxyl groups excluding tert-OH is 2. The molecule has 152 valence electrons. The first-order valence-corrected chi connectivity index (χ1v) is 10.1. The van der Waals surface area contributed by atoms with E-state index >= 15 is 0 Å². The second-order valence-electron chi connectivity index (χ2n) is 6.43. The Hall–Kier alpha value is -2.96. The summed E-state index contributed by atoms with van der Waals surface area (Å²) in [6, 6.07) is 9.46. The number of fused-ring (bicyclic) bond motifs is 2. The second kappa shape index (κ2) is 7.13. The number of aromatic hydroxyl groups is 1. The maximum Gasteiger partial charge on any atom is 0.267 e. The van der Waals surface area contributed by atoms with Crippen LogP contribution < -0.4 is 10.9 Å². The predicted molar refractivity (Wildman–Crippen MR) is 108 cm³/mol. The number of aromatic nitrogens is 2. The smallest absolute Gasteiger partial charge is 0.267 e.